The van der Waals surface area contributed by atoms with Crippen LogP contribution in [0.1, 0.15) is 83.7 Å². The van der Waals surface area contributed by atoms with Crippen LogP contribution in [-0.4, -0.2) is 78.5 Å². The second-order valence-electron chi connectivity index (χ2n) is 15.1. The third-order valence-corrected chi connectivity index (χ3v) is 11.2. The molecule has 6 rings (SSSR count). The van der Waals surface area contributed by atoms with Crippen LogP contribution in [0.3, 0.4) is 0 Å². The summed E-state index contributed by atoms with van der Waals surface area (Å²) in [4.78, 5) is 33.5. The van der Waals surface area contributed by atoms with E-state index in [4.69, 9.17) is 18.9 Å². The SMILES string of the molecule is CCCC(NC(=O)C1(C(=O)Nc2ccc(F)cc2)CC1)c1ccc(Oc2ccnc3cc(OCCCN4CCOC(CC(O)(CC)CC)C4)c(OC)cc23)c(F)c1. The van der Waals surface area contributed by atoms with Gasteiger partial charge in [0.05, 0.1) is 43.6 Å². The molecule has 306 valence electrons. The van der Waals surface area contributed by atoms with E-state index in [2.05, 4.69) is 20.5 Å². The van der Waals surface area contributed by atoms with Gasteiger partial charge in [-0.05, 0) is 92.6 Å². The molecule has 1 aliphatic carbocycles. The Balaban J connectivity index is 1.08. The minimum absolute atomic E-state index is 0.00225. The molecular weight excluding hydrogens is 735 g/mol. The number of fused-ring (bicyclic) bond motifs is 1. The van der Waals surface area contributed by atoms with Gasteiger partial charge in [0.15, 0.2) is 23.1 Å². The van der Waals surface area contributed by atoms with Crippen LogP contribution in [0.4, 0.5) is 14.5 Å². The predicted octanol–water partition coefficient (Wildman–Crippen LogP) is 8.10. The molecule has 0 spiro atoms. The Morgan fingerprint density at radius 2 is 1.77 bits per heavy atom. The Morgan fingerprint density at radius 3 is 2.46 bits per heavy atom. The zero-order valence-corrected chi connectivity index (χ0v) is 33.2. The molecule has 57 heavy (non-hydrogen) atoms. The lowest BCUT2D eigenvalue weighted by Crippen LogP contribution is -2.46. The van der Waals surface area contributed by atoms with E-state index in [1.807, 2.05) is 20.8 Å². The number of aromatic nitrogens is 1. The van der Waals surface area contributed by atoms with Crippen LogP contribution in [0, 0.1) is 17.0 Å². The first-order valence-corrected chi connectivity index (χ1v) is 20.0. The Morgan fingerprint density at radius 1 is 1.00 bits per heavy atom. The highest BCUT2D eigenvalue weighted by Crippen LogP contribution is 2.47. The number of hydrogen-bond acceptors (Lipinski definition) is 9. The van der Waals surface area contributed by atoms with E-state index in [-0.39, 0.29) is 11.9 Å². The lowest BCUT2D eigenvalue weighted by Gasteiger charge is -2.37. The highest BCUT2D eigenvalue weighted by Gasteiger charge is 2.56. The van der Waals surface area contributed by atoms with Gasteiger partial charge in [-0.25, -0.2) is 8.78 Å². The van der Waals surface area contributed by atoms with Crippen LogP contribution in [0.15, 0.2) is 66.9 Å². The van der Waals surface area contributed by atoms with Crippen molar-refractivity contribution in [2.75, 3.05) is 45.3 Å². The molecule has 1 saturated carbocycles. The first-order chi connectivity index (χ1) is 27.5. The lowest BCUT2D eigenvalue weighted by atomic mass is 9.90. The van der Waals surface area contributed by atoms with Crippen LogP contribution in [0.5, 0.6) is 23.0 Å². The molecule has 2 unspecified atom stereocenters. The summed E-state index contributed by atoms with van der Waals surface area (Å²) < 4.78 is 53.0. The fourth-order valence-corrected chi connectivity index (χ4v) is 7.34. The van der Waals surface area contributed by atoms with Crippen molar-refractivity contribution in [1.29, 1.82) is 0 Å². The van der Waals surface area contributed by atoms with Crippen molar-refractivity contribution in [3.63, 3.8) is 0 Å². The van der Waals surface area contributed by atoms with Crippen molar-refractivity contribution in [2.45, 2.75) is 89.9 Å². The van der Waals surface area contributed by atoms with Crippen LogP contribution >= 0.6 is 0 Å². The third kappa shape index (κ3) is 10.2. The maximum Gasteiger partial charge on any atom is 0.240 e. The number of hydrogen-bond donors (Lipinski definition) is 3. The van der Waals surface area contributed by atoms with Crippen LogP contribution in [0.25, 0.3) is 10.9 Å². The molecule has 4 aromatic rings. The number of carbonyl (C=O) groups is 2. The average Bonchev–Trinajstić information content (AvgIpc) is 4.03. The number of aliphatic hydroxyl groups is 1. The Hall–Kier alpha value is -4.85. The number of nitrogens with zero attached hydrogens (tertiary/aromatic N) is 2. The summed E-state index contributed by atoms with van der Waals surface area (Å²) in [7, 11) is 1.56. The highest BCUT2D eigenvalue weighted by atomic mass is 19.1. The van der Waals surface area contributed by atoms with E-state index in [1.165, 1.54) is 36.4 Å². The lowest BCUT2D eigenvalue weighted by molar-refractivity contribution is -0.135. The van der Waals surface area contributed by atoms with Gasteiger partial charge in [0.2, 0.25) is 11.8 Å². The Kier molecular flexibility index (Phi) is 13.6. The molecule has 3 aromatic carbocycles. The molecule has 2 amide bonds. The van der Waals surface area contributed by atoms with Gasteiger partial charge in [0, 0.05) is 49.4 Å². The zero-order valence-electron chi connectivity index (χ0n) is 33.2. The summed E-state index contributed by atoms with van der Waals surface area (Å²) in [6.45, 7) is 9.51. The van der Waals surface area contributed by atoms with Gasteiger partial charge in [-0.3, -0.25) is 19.5 Å². The quantitative estimate of drug-likeness (QED) is 0.0637. The van der Waals surface area contributed by atoms with Gasteiger partial charge in [0.25, 0.3) is 0 Å². The van der Waals surface area contributed by atoms with Gasteiger partial charge < -0.3 is 34.7 Å². The number of carbonyl (C=O) groups excluding carboxylic acids is 2. The smallest absolute Gasteiger partial charge is 0.240 e. The Bertz CT molecular complexity index is 2000. The average molecular weight is 789 g/mol. The monoisotopic (exact) mass is 788 g/mol. The Labute approximate surface area is 333 Å². The van der Waals surface area contributed by atoms with Gasteiger partial charge in [-0.2, -0.15) is 0 Å². The number of halogens is 2. The molecule has 0 bridgehead atoms. The summed E-state index contributed by atoms with van der Waals surface area (Å²) in [6, 6.07) is 14.6. The van der Waals surface area contributed by atoms with Crippen LogP contribution < -0.4 is 24.8 Å². The van der Waals surface area contributed by atoms with Gasteiger partial charge in [-0.15, -0.1) is 0 Å². The minimum atomic E-state index is -1.23. The van der Waals surface area contributed by atoms with Crippen molar-refractivity contribution in [3.8, 4) is 23.0 Å². The number of amides is 2. The van der Waals surface area contributed by atoms with Gasteiger partial charge in [0.1, 0.15) is 17.0 Å². The van der Waals surface area contributed by atoms with Crippen LogP contribution in [0.2, 0.25) is 0 Å². The highest BCUT2D eigenvalue weighted by molar-refractivity contribution is 6.13. The van der Waals surface area contributed by atoms with E-state index in [1.54, 1.807) is 37.6 Å². The second-order valence-corrected chi connectivity index (χ2v) is 15.1. The number of morpholine rings is 1. The minimum Gasteiger partial charge on any atom is -0.493 e. The summed E-state index contributed by atoms with van der Waals surface area (Å²) in [5.41, 5.74) is -0.406. The third-order valence-electron chi connectivity index (χ3n) is 11.2. The topological polar surface area (TPSA) is 131 Å². The van der Waals surface area contributed by atoms with Crippen molar-refractivity contribution in [3.05, 3.63) is 84.1 Å². The van der Waals surface area contributed by atoms with Crippen molar-refractivity contribution < 1.29 is 42.4 Å². The van der Waals surface area contributed by atoms with Crippen molar-refractivity contribution in [1.82, 2.24) is 15.2 Å². The molecule has 1 saturated heterocycles. The van der Waals surface area contributed by atoms with E-state index in [0.29, 0.717) is 97.6 Å². The van der Waals surface area contributed by atoms with Crippen molar-refractivity contribution >= 4 is 28.4 Å². The number of nitrogens with one attached hydrogen (secondary N) is 2. The fourth-order valence-electron chi connectivity index (χ4n) is 7.34. The molecule has 11 nitrogen and oxygen atoms in total. The van der Waals surface area contributed by atoms with E-state index < -0.39 is 40.5 Å². The molecule has 2 atom stereocenters. The molecule has 0 radical (unpaired) electrons. The predicted molar refractivity (Wildman–Crippen MR) is 214 cm³/mol. The van der Waals surface area contributed by atoms with E-state index >= 15 is 4.39 Å². The number of methoxy groups -OCH3 is 1. The zero-order chi connectivity index (χ0) is 40.6. The molecule has 2 heterocycles. The summed E-state index contributed by atoms with van der Waals surface area (Å²) in [5, 5.41) is 17.1. The first-order valence-electron chi connectivity index (χ1n) is 20.0. The van der Waals surface area contributed by atoms with E-state index in [9.17, 15) is 19.1 Å². The number of ether oxygens (including phenoxy) is 4. The molecule has 3 N–H and O–H groups in total. The summed E-state index contributed by atoms with van der Waals surface area (Å²) in [5.74, 6) is -0.548. The molecule has 1 aliphatic heterocycles. The molecule has 2 fully saturated rings. The summed E-state index contributed by atoms with van der Waals surface area (Å²) in [6.07, 6.45) is 6.38. The van der Waals surface area contributed by atoms with E-state index in [0.717, 1.165) is 26.1 Å². The number of anilines is 1. The normalized spacial score (nSPS) is 17.1. The van der Waals surface area contributed by atoms with Gasteiger partial charge >= 0.3 is 0 Å². The molecule has 1 aromatic heterocycles. The number of rotatable bonds is 19. The maximum atomic E-state index is 15.8. The maximum absolute atomic E-state index is 15.8. The largest absolute Gasteiger partial charge is 0.493 e. The standard InChI is InChI=1S/C44H54F2N4O7/c1-5-9-35(49-42(52)44(17-18-44)41(51)48-31-13-11-30(45)12-14-31)29-10-15-38(34(46)24-29)57-37-16-19-47-36-26-40(39(54-4)25-33(36)37)56-22-8-20-50-21-23-55-32(28-50)27-43(53,6-2)7-3/h10-16,19,24-26,32,35,53H,5-9,17-18,20-23,27-28H2,1-4H3,(H,48,51)(H,49,52). The number of benzene rings is 3. The molecule has 13 heteroatoms. The van der Waals surface area contributed by atoms with Crippen molar-refractivity contribution in [2.24, 2.45) is 5.41 Å². The second kappa shape index (κ2) is 18.6. The van der Waals surface area contributed by atoms with Gasteiger partial charge in [-0.1, -0.05) is 33.3 Å². The molecule has 2 aliphatic rings. The van der Waals surface area contributed by atoms with Crippen LogP contribution in [-0.2, 0) is 14.3 Å². The molecular formula is C44H54F2N4O7. The summed E-state index contributed by atoms with van der Waals surface area (Å²) >= 11 is 0. The first kappa shape index (κ1) is 41.8. The fraction of sp³-hybridized carbons (Fsp3) is 0.477. The number of pyridine rings is 1.